The van der Waals surface area contributed by atoms with Gasteiger partial charge in [-0.1, -0.05) is 6.08 Å². The number of phenolic OH excluding ortho intramolecular Hbond substituents is 3. The lowest BCUT2D eigenvalue weighted by molar-refractivity contribution is 0.0298. The maximum absolute atomic E-state index is 14.0. The summed E-state index contributed by atoms with van der Waals surface area (Å²) in [5.74, 6) is -2.38. The SMILES string of the molecule is COc1ccc(C(=O)C(COC(=O)c2ccc(O)cc2)Oc2c(OC)cc(/C=C/COC(=O)c3ccc(O)cc3)cc2OC)c(OC)c1O. The van der Waals surface area contributed by atoms with Crippen LogP contribution in [0.3, 0.4) is 0 Å². The molecule has 1 unspecified atom stereocenters. The number of ketones is 1. The molecule has 4 aromatic carbocycles. The number of Topliss-reactive ketones (excluding diaryl/α,β-unsaturated/α-hetero) is 1. The van der Waals surface area contributed by atoms with Gasteiger partial charge >= 0.3 is 11.9 Å². The summed E-state index contributed by atoms with van der Waals surface area (Å²) in [6.45, 7) is -0.656. The van der Waals surface area contributed by atoms with Crippen LogP contribution >= 0.6 is 0 Å². The van der Waals surface area contributed by atoms with Crippen molar-refractivity contribution < 1.29 is 62.9 Å². The first-order valence-corrected chi connectivity index (χ1v) is 14.6. The van der Waals surface area contributed by atoms with E-state index >= 15 is 0 Å². The molecule has 0 aliphatic carbocycles. The first kappa shape index (κ1) is 35.5. The van der Waals surface area contributed by atoms with Crippen molar-refractivity contribution in [3.05, 3.63) is 101 Å². The number of esters is 2. The van der Waals surface area contributed by atoms with E-state index in [0.717, 1.165) is 0 Å². The van der Waals surface area contributed by atoms with Crippen molar-refractivity contribution in [2.45, 2.75) is 6.10 Å². The third-order valence-electron chi connectivity index (χ3n) is 7.01. The molecule has 0 spiro atoms. The molecule has 0 saturated heterocycles. The molecule has 0 saturated carbocycles. The van der Waals surface area contributed by atoms with E-state index in [0.29, 0.717) is 5.56 Å². The Kier molecular flexibility index (Phi) is 11.9. The molecule has 0 aliphatic heterocycles. The number of benzene rings is 4. The van der Waals surface area contributed by atoms with E-state index in [1.807, 2.05) is 0 Å². The Morgan fingerprint density at radius 3 is 1.69 bits per heavy atom. The lowest BCUT2D eigenvalue weighted by atomic mass is 10.0. The standard InChI is InChI=1S/C36H34O13/c1-43-27-16-15-26(33(46-4)32(27)40)31(39)30(20-48-36(42)23-9-13-25(38)14-10-23)49-34-28(44-2)18-21(19-29(34)45-3)6-5-17-47-35(41)22-7-11-24(37)12-8-22/h5-16,18-19,30,37-38,40H,17,20H2,1-4H3/b6-5+. The minimum atomic E-state index is -1.51. The highest BCUT2D eigenvalue weighted by Gasteiger charge is 2.31. The zero-order chi connectivity index (χ0) is 35.5. The number of ether oxygens (including phenoxy) is 7. The molecule has 3 N–H and O–H groups in total. The number of carbonyl (C=O) groups is 3. The van der Waals surface area contributed by atoms with Crippen LogP contribution in [-0.4, -0.2) is 80.8 Å². The number of carbonyl (C=O) groups excluding carboxylic acids is 3. The second-order valence-corrected chi connectivity index (χ2v) is 10.1. The van der Waals surface area contributed by atoms with Crippen molar-refractivity contribution >= 4 is 23.8 Å². The van der Waals surface area contributed by atoms with Gasteiger partial charge in [0, 0.05) is 0 Å². The summed E-state index contributed by atoms with van der Waals surface area (Å²) in [7, 11) is 5.35. The van der Waals surface area contributed by atoms with Gasteiger partial charge < -0.3 is 48.5 Å². The van der Waals surface area contributed by atoms with Gasteiger partial charge in [-0.25, -0.2) is 9.59 Å². The maximum Gasteiger partial charge on any atom is 0.338 e. The average molecular weight is 675 g/mol. The third kappa shape index (κ3) is 8.71. The van der Waals surface area contributed by atoms with Crippen LogP contribution in [0.1, 0.15) is 36.6 Å². The summed E-state index contributed by atoms with van der Waals surface area (Å²) in [4.78, 5) is 39.1. The van der Waals surface area contributed by atoms with E-state index in [1.54, 1.807) is 24.3 Å². The van der Waals surface area contributed by atoms with Gasteiger partial charge in [-0.15, -0.1) is 0 Å². The molecule has 256 valence electrons. The van der Waals surface area contributed by atoms with Gasteiger partial charge in [0.15, 0.2) is 29.1 Å². The Bertz CT molecular complexity index is 1790. The highest BCUT2D eigenvalue weighted by molar-refractivity contribution is 6.03. The van der Waals surface area contributed by atoms with Gasteiger partial charge in [0.1, 0.15) is 24.7 Å². The molecule has 4 aromatic rings. The van der Waals surface area contributed by atoms with Crippen LogP contribution in [-0.2, 0) is 9.47 Å². The van der Waals surface area contributed by atoms with Crippen molar-refractivity contribution in [2.24, 2.45) is 0 Å². The van der Waals surface area contributed by atoms with E-state index in [4.69, 9.17) is 33.2 Å². The lowest BCUT2D eigenvalue weighted by Crippen LogP contribution is -2.34. The molecular formula is C36H34O13. The minimum Gasteiger partial charge on any atom is -0.508 e. The first-order chi connectivity index (χ1) is 23.6. The van der Waals surface area contributed by atoms with Crippen molar-refractivity contribution in [3.8, 4) is 46.0 Å². The first-order valence-electron chi connectivity index (χ1n) is 14.6. The molecule has 13 nitrogen and oxygen atoms in total. The van der Waals surface area contributed by atoms with Crippen LogP contribution in [0.5, 0.6) is 46.0 Å². The fraction of sp³-hybridized carbons (Fsp3) is 0.194. The summed E-state index contributed by atoms with van der Waals surface area (Å²) >= 11 is 0. The summed E-state index contributed by atoms with van der Waals surface area (Å²) in [6.07, 6.45) is 1.72. The van der Waals surface area contributed by atoms with Gasteiger partial charge in [0.2, 0.25) is 17.3 Å². The number of aromatic hydroxyl groups is 3. The number of methoxy groups -OCH3 is 4. The van der Waals surface area contributed by atoms with Crippen molar-refractivity contribution in [2.75, 3.05) is 41.7 Å². The average Bonchev–Trinajstić information content (AvgIpc) is 3.11. The molecule has 49 heavy (non-hydrogen) atoms. The van der Waals surface area contributed by atoms with Gasteiger partial charge in [0.05, 0.1) is 45.1 Å². The van der Waals surface area contributed by atoms with Crippen LogP contribution in [0.4, 0.5) is 0 Å². The highest BCUT2D eigenvalue weighted by Crippen LogP contribution is 2.42. The van der Waals surface area contributed by atoms with Crippen molar-refractivity contribution in [1.82, 2.24) is 0 Å². The van der Waals surface area contributed by atoms with Crippen molar-refractivity contribution in [1.29, 1.82) is 0 Å². The number of hydrogen-bond donors (Lipinski definition) is 3. The molecule has 0 radical (unpaired) electrons. The van der Waals surface area contributed by atoms with Gasteiger partial charge in [0.25, 0.3) is 0 Å². The smallest absolute Gasteiger partial charge is 0.338 e. The fourth-order valence-electron chi connectivity index (χ4n) is 4.53. The molecule has 0 heterocycles. The molecule has 4 rings (SSSR count). The Hall–Kier alpha value is -6.37. The molecular weight excluding hydrogens is 640 g/mol. The number of hydrogen-bond acceptors (Lipinski definition) is 13. The summed E-state index contributed by atoms with van der Waals surface area (Å²) < 4.78 is 38.4. The largest absolute Gasteiger partial charge is 0.508 e. The van der Waals surface area contributed by atoms with E-state index in [9.17, 15) is 29.7 Å². The molecule has 0 amide bonds. The van der Waals surface area contributed by atoms with Gasteiger partial charge in [-0.05, 0) is 84.4 Å². The number of phenols is 3. The van der Waals surface area contributed by atoms with Crippen LogP contribution < -0.4 is 23.7 Å². The Morgan fingerprint density at radius 2 is 1.18 bits per heavy atom. The maximum atomic E-state index is 14.0. The minimum absolute atomic E-state index is 0.00311. The van der Waals surface area contributed by atoms with Gasteiger partial charge in [-0.2, -0.15) is 0 Å². The second-order valence-electron chi connectivity index (χ2n) is 10.1. The monoisotopic (exact) mass is 674 g/mol. The normalized spacial score (nSPS) is 11.3. The summed E-state index contributed by atoms with van der Waals surface area (Å²) in [5.41, 5.74) is 0.857. The molecule has 13 heteroatoms. The molecule has 0 bridgehead atoms. The Morgan fingerprint density at radius 1 is 0.653 bits per heavy atom. The van der Waals surface area contributed by atoms with Crippen LogP contribution in [0.2, 0.25) is 0 Å². The fourth-order valence-corrected chi connectivity index (χ4v) is 4.53. The Balaban J connectivity index is 1.61. The van der Waals surface area contributed by atoms with Crippen LogP contribution in [0.25, 0.3) is 6.08 Å². The molecule has 1 atom stereocenters. The predicted molar refractivity (Wildman–Crippen MR) is 175 cm³/mol. The van der Waals surface area contributed by atoms with E-state index in [-0.39, 0.29) is 63.5 Å². The molecule has 0 aromatic heterocycles. The van der Waals surface area contributed by atoms with E-state index in [1.165, 1.54) is 89.1 Å². The molecule has 0 aliphatic rings. The van der Waals surface area contributed by atoms with Gasteiger partial charge in [-0.3, -0.25) is 4.79 Å². The highest BCUT2D eigenvalue weighted by atomic mass is 16.6. The van der Waals surface area contributed by atoms with E-state index < -0.39 is 36.2 Å². The number of rotatable bonds is 15. The van der Waals surface area contributed by atoms with E-state index in [2.05, 4.69) is 0 Å². The zero-order valence-corrected chi connectivity index (χ0v) is 27.0. The zero-order valence-electron chi connectivity index (χ0n) is 27.0. The lowest BCUT2D eigenvalue weighted by Gasteiger charge is -2.23. The Labute approximate surface area is 281 Å². The summed E-state index contributed by atoms with van der Waals surface area (Å²) in [6, 6.07) is 16.9. The topological polar surface area (TPSA) is 177 Å². The predicted octanol–water partition coefficient (Wildman–Crippen LogP) is 5.20. The van der Waals surface area contributed by atoms with Crippen LogP contribution in [0, 0.1) is 0 Å². The quantitative estimate of drug-likeness (QED) is 0.111. The van der Waals surface area contributed by atoms with Crippen LogP contribution in [0.15, 0.2) is 78.9 Å². The van der Waals surface area contributed by atoms with Crippen molar-refractivity contribution in [3.63, 3.8) is 0 Å². The third-order valence-corrected chi connectivity index (χ3v) is 7.01. The molecule has 0 fully saturated rings. The summed E-state index contributed by atoms with van der Waals surface area (Å²) in [5, 5.41) is 29.6. The second kappa shape index (κ2) is 16.5.